The van der Waals surface area contributed by atoms with Crippen LogP contribution in [0.5, 0.6) is 0 Å². The molecule has 0 spiro atoms. The third kappa shape index (κ3) is 4.97. The molecule has 1 amide bonds. The van der Waals surface area contributed by atoms with Crippen molar-refractivity contribution in [2.75, 3.05) is 6.61 Å². The van der Waals surface area contributed by atoms with Gasteiger partial charge in [0.25, 0.3) is 0 Å². The number of benzene rings is 1. The van der Waals surface area contributed by atoms with E-state index in [9.17, 15) is 4.79 Å². The van der Waals surface area contributed by atoms with Gasteiger partial charge in [0.1, 0.15) is 6.61 Å². The molecule has 0 bridgehead atoms. The molecule has 0 radical (unpaired) electrons. The first-order valence-electron chi connectivity index (χ1n) is 5.62. The molecule has 0 fully saturated rings. The minimum absolute atomic E-state index is 0.111. The fraction of sp³-hybridized carbons (Fsp3) is 0.462. The first kappa shape index (κ1) is 13.7. The van der Waals surface area contributed by atoms with Crippen molar-refractivity contribution in [2.24, 2.45) is 5.73 Å². The second kappa shape index (κ2) is 5.80. The van der Waals surface area contributed by atoms with Gasteiger partial charge in [-0.1, -0.05) is 45.0 Å². The summed E-state index contributed by atoms with van der Waals surface area (Å²) in [7, 11) is 0. The molecule has 0 atom stereocenters. The molecule has 0 heterocycles. The third-order valence-corrected chi connectivity index (χ3v) is 2.41. The van der Waals surface area contributed by atoms with Gasteiger partial charge in [-0.05, 0) is 16.5 Å². The second-order valence-corrected chi connectivity index (χ2v) is 5.02. The summed E-state index contributed by atoms with van der Waals surface area (Å²) in [6.07, 6.45) is 0. The molecule has 0 aliphatic rings. The Kier molecular flexibility index (Phi) is 4.66. The van der Waals surface area contributed by atoms with E-state index in [1.54, 1.807) is 0 Å². The molecule has 4 heteroatoms. The Balaban J connectivity index is 2.43. The summed E-state index contributed by atoms with van der Waals surface area (Å²) in [4.78, 5) is 15.3. The van der Waals surface area contributed by atoms with Gasteiger partial charge in [-0.25, -0.2) is 0 Å². The smallest absolute Gasteiger partial charge is 0.245 e. The van der Waals surface area contributed by atoms with Crippen molar-refractivity contribution in [3.05, 3.63) is 35.4 Å². The maximum absolute atomic E-state index is 10.4. The predicted octanol–water partition coefficient (Wildman–Crippen LogP) is 1.49. The molecule has 0 saturated heterocycles. The summed E-state index contributed by atoms with van der Waals surface area (Å²) in [5.41, 5.74) is 10.2. The van der Waals surface area contributed by atoms with Crippen molar-refractivity contribution in [1.82, 2.24) is 5.48 Å². The Labute approximate surface area is 102 Å². The van der Waals surface area contributed by atoms with E-state index >= 15 is 0 Å². The lowest BCUT2D eigenvalue weighted by atomic mass is 9.87. The highest BCUT2D eigenvalue weighted by Crippen LogP contribution is 2.21. The number of carbonyl (C=O) groups excluding carboxylic acids is 1. The number of rotatable bonds is 5. The predicted molar refractivity (Wildman–Crippen MR) is 67.1 cm³/mol. The Morgan fingerprint density at radius 2 is 1.88 bits per heavy atom. The highest BCUT2D eigenvalue weighted by atomic mass is 16.6. The van der Waals surface area contributed by atoms with E-state index < -0.39 is 5.91 Å². The van der Waals surface area contributed by atoms with Gasteiger partial charge < -0.3 is 5.73 Å². The maximum Gasteiger partial charge on any atom is 0.245 e. The van der Waals surface area contributed by atoms with E-state index in [4.69, 9.17) is 10.6 Å². The topological polar surface area (TPSA) is 64.3 Å². The first-order chi connectivity index (χ1) is 7.89. The van der Waals surface area contributed by atoms with Crippen molar-refractivity contribution >= 4 is 5.91 Å². The number of hydroxylamine groups is 1. The van der Waals surface area contributed by atoms with Crippen LogP contribution in [0.2, 0.25) is 0 Å². The minimum atomic E-state index is -0.486. The monoisotopic (exact) mass is 236 g/mol. The number of primary amides is 1. The number of hydrogen-bond acceptors (Lipinski definition) is 3. The quantitative estimate of drug-likeness (QED) is 0.601. The number of carbonyl (C=O) groups is 1. The normalized spacial score (nSPS) is 11.5. The zero-order valence-electron chi connectivity index (χ0n) is 10.6. The molecule has 3 N–H and O–H groups in total. The Hall–Kier alpha value is -1.39. The lowest BCUT2D eigenvalue weighted by Crippen LogP contribution is -2.24. The van der Waals surface area contributed by atoms with Gasteiger partial charge in [0.05, 0.1) is 0 Å². The van der Waals surface area contributed by atoms with E-state index in [1.165, 1.54) is 5.56 Å². The summed E-state index contributed by atoms with van der Waals surface area (Å²) in [5.74, 6) is -0.486. The van der Waals surface area contributed by atoms with Gasteiger partial charge >= 0.3 is 0 Å². The van der Waals surface area contributed by atoms with Crippen LogP contribution in [0.25, 0.3) is 0 Å². The number of amides is 1. The number of hydrogen-bond donors (Lipinski definition) is 2. The average Bonchev–Trinajstić information content (AvgIpc) is 2.23. The van der Waals surface area contributed by atoms with Crippen LogP contribution in [0, 0.1) is 0 Å². The largest absolute Gasteiger partial charge is 0.368 e. The van der Waals surface area contributed by atoms with Crippen LogP contribution in [0.1, 0.15) is 31.9 Å². The van der Waals surface area contributed by atoms with Crippen molar-refractivity contribution in [2.45, 2.75) is 32.7 Å². The fourth-order valence-corrected chi connectivity index (χ4v) is 1.38. The van der Waals surface area contributed by atoms with Crippen molar-refractivity contribution < 1.29 is 9.63 Å². The Morgan fingerprint density at radius 3 is 2.35 bits per heavy atom. The summed E-state index contributed by atoms with van der Waals surface area (Å²) >= 11 is 0. The van der Waals surface area contributed by atoms with Crippen LogP contribution in [-0.4, -0.2) is 12.5 Å². The van der Waals surface area contributed by atoms with E-state index in [2.05, 4.69) is 38.4 Å². The molecule has 4 nitrogen and oxygen atoms in total. The average molecular weight is 236 g/mol. The molecule has 0 aliphatic heterocycles. The molecule has 1 aromatic carbocycles. The van der Waals surface area contributed by atoms with E-state index in [1.807, 2.05) is 12.1 Å². The zero-order chi connectivity index (χ0) is 12.9. The lowest BCUT2D eigenvalue weighted by molar-refractivity contribution is -0.125. The second-order valence-electron chi connectivity index (χ2n) is 5.02. The summed E-state index contributed by atoms with van der Waals surface area (Å²) in [6, 6.07) is 8.29. The molecule has 0 aromatic heterocycles. The highest BCUT2D eigenvalue weighted by Gasteiger charge is 2.12. The van der Waals surface area contributed by atoms with E-state index in [0.717, 1.165) is 5.56 Å². The van der Waals surface area contributed by atoms with Crippen molar-refractivity contribution in [3.63, 3.8) is 0 Å². The lowest BCUT2D eigenvalue weighted by Gasteiger charge is -2.19. The SMILES string of the molecule is CC(C)(C)c1ccc(CNOCC(N)=O)cc1. The molecule has 17 heavy (non-hydrogen) atoms. The molecular weight excluding hydrogens is 216 g/mol. The summed E-state index contributed by atoms with van der Waals surface area (Å²) in [6.45, 7) is 6.97. The molecule has 0 saturated carbocycles. The van der Waals surface area contributed by atoms with Crippen LogP contribution in [-0.2, 0) is 21.6 Å². The van der Waals surface area contributed by atoms with Crippen LogP contribution < -0.4 is 11.2 Å². The van der Waals surface area contributed by atoms with Gasteiger partial charge in [0.15, 0.2) is 0 Å². The maximum atomic E-state index is 10.4. The molecular formula is C13H20N2O2. The van der Waals surface area contributed by atoms with Crippen LogP contribution in [0.15, 0.2) is 24.3 Å². The molecule has 0 unspecified atom stereocenters. The highest BCUT2D eigenvalue weighted by molar-refractivity contribution is 5.74. The fourth-order valence-electron chi connectivity index (χ4n) is 1.38. The van der Waals surface area contributed by atoms with E-state index in [0.29, 0.717) is 6.54 Å². The van der Waals surface area contributed by atoms with Gasteiger partial charge in [0.2, 0.25) is 5.91 Å². The van der Waals surface area contributed by atoms with Crippen LogP contribution in [0.3, 0.4) is 0 Å². The first-order valence-corrected chi connectivity index (χ1v) is 5.62. The standard InChI is InChI=1S/C13H20N2O2/c1-13(2,3)11-6-4-10(5-7-11)8-15-17-9-12(14)16/h4-7,15H,8-9H2,1-3H3,(H2,14,16). The Morgan fingerprint density at radius 1 is 1.29 bits per heavy atom. The number of nitrogens with one attached hydrogen (secondary N) is 1. The van der Waals surface area contributed by atoms with Gasteiger partial charge in [-0.2, -0.15) is 5.48 Å². The van der Waals surface area contributed by atoms with Gasteiger partial charge in [0, 0.05) is 6.54 Å². The minimum Gasteiger partial charge on any atom is -0.368 e. The summed E-state index contributed by atoms with van der Waals surface area (Å²) < 4.78 is 0. The van der Waals surface area contributed by atoms with Crippen LogP contribution >= 0.6 is 0 Å². The molecule has 1 aromatic rings. The van der Waals surface area contributed by atoms with Crippen molar-refractivity contribution in [3.8, 4) is 0 Å². The van der Waals surface area contributed by atoms with E-state index in [-0.39, 0.29) is 12.0 Å². The van der Waals surface area contributed by atoms with Crippen LogP contribution in [0.4, 0.5) is 0 Å². The third-order valence-electron chi connectivity index (χ3n) is 2.41. The van der Waals surface area contributed by atoms with Gasteiger partial charge in [-0.3, -0.25) is 9.63 Å². The zero-order valence-corrected chi connectivity index (χ0v) is 10.6. The van der Waals surface area contributed by atoms with Gasteiger partial charge in [-0.15, -0.1) is 0 Å². The molecule has 94 valence electrons. The summed E-state index contributed by atoms with van der Waals surface area (Å²) in [5, 5.41) is 0. The molecule has 0 aliphatic carbocycles. The van der Waals surface area contributed by atoms with Crippen molar-refractivity contribution in [1.29, 1.82) is 0 Å². The number of nitrogens with two attached hydrogens (primary N) is 1. The Bertz CT molecular complexity index is 366. The molecule has 1 rings (SSSR count).